The number of nitrogens with zero attached hydrogens (tertiary/aromatic N) is 2. The van der Waals surface area contributed by atoms with Gasteiger partial charge in [0, 0.05) is 38.3 Å². The molecule has 5 rings (SSSR count). The molecule has 1 saturated carbocycles. The molecule has 0 aliphatic heterocycles. The van der Waals surface area contributed by atoms with Crippen molar-refractivity contribution in [3.63, 3.8) is 0 Å². The maximum absolute atomic E-state index is 15.9. The van der Waals surface area contributed by atoms with Crippen LogP contribution in [0.2, 0.25) is 0 Å². The van der Waals surface area contributed by atoms with Crippen molar-refractivity contribution in [1.29, 1.82) is 0 Å². The van der Waals surface area contributed by atoms with E-state index in [4.69, 9.17) is 0 Å². The molecule has 4 aromatic rings. The summed E-state index contributed by atoms with van der Waals surface area (Å²) >= 11 is 0. The molecular formula is C33H35FN2. The van der Waals surface area contributed by atoms with Gasteiger partial charge in [0.05, 0.1) is 0 Å². The van der Waals surface area contributed by atoms with Gasteiger partial charge in [-0.25, -0.2) is 4.39 Å². The molecule has 36 heavy (non-hydrogen) atoms. The number of rotatable bonds is 10. The second kappa shape index (κ2) is 12.1. The number of halogens is 1. The second-order valence-electron chi connectivity index (χ2n) is 9.96. The normalized spacial score (nSPS) is 19.7. The highest BCUT2D eigenvalue weighted by atomic mass is 19.1. The smallest absolute Gasteiger partial charge is 0.117 e. The van der Waals surface area contributed by atoms with Crippen molar-refractivity contribution in [2.24, 2.45) is 0 Å². The first-order chi connectivity index (χ1) is 17.7. The highest BCUT2D eigenvalue weighted by molar-refractivity contribution is 5.20. The minimum atomic E-state index is -0.850. The lowest BCUT2D eigenvalue weighted by atomic mass is 10.1. The van der Waals surface area contributed by atoms with Crippen LogP contribution < -0.4 is 0 Å². The van der Waals surface area contributed by atoms with Crippen molar-refractivity contribution in [3.05, 3.63) is 144 Å². The SMILES string of the molecule is F[C@H]1C[C@H](N(Cc2ccccc2)Cc2ccccc2)C[C@@H]1N(Cc1ccccc1)Cc1ccccc1. The summed E-state index contributed by atoms with van der Waals surface area (Å²) in [6.07, 6.45) is 0.557. The standard InChI is InChI=1S/C33H35FN2/c34-32-21-31(35(23-27-13-5-1-6-14-27)24-28-15-7-2-8-16-28)22-33(32)36(25-29-17-9-3-10-18-29)26-30-19-11-4-12-20-30/h1-20,31-33H,21-26H2/t31-,32-,33-/m0/s1. The fraction of sp³-hybridized carbons (Fsp3) is 0.273. The Labute approximate surface area is 215 Å². The minimum Gasteiger partial charge on any atom is -0.292 e. The molecule has 0 spiro atoms. The van der Waals surface area contributed by atoms with Crippen LogP contribution in [-0.4, -0.2) is 28.1 Å². The lowest BCUT2D eigenvalue weighted by molar-refractivity contribution is 0.115. The van der Waals surface area contributed by atoms with Gasteiger partial charge in [-0.1, -0.05) is 121 Å². The molecular weight excluding hydrogens is 443 g/mol. The largest absolute Gasteiger partial charge is 0.292 e. The molecule has 0 bridgehead atoms. The fourth-order valence-electron chi connectivity index (χ4n) is 5.49. The number of hydrogen-bond donors (Lipinski definition) is 0. The molecule has 3 atom stereocenters. The summed E-state index contributed by atoms with van der Waals surface area (Å²) in [7, 11) is 0. The summed E-state index contributed by atoms with van der Waals surface area (Å²) < 4.78 is 15.9. The molecule has 184 valence electrons. The average Bonchev–Trinajstić information content (AvgIpc) is 3.32. The van der Waals surface area contributed by atoms with E-state index in [9.17, 15) is 0 Å². The van der Waals surface area contributed by atoms with Crippen LogP contribution in [0.5, 0.6) is 0 Å². The number of alkyl halides is 1. The van der Waals surface area contributed by atoms with Crippen LogP contribution >= 0.6 is 0 Å². The van der Waals surface area contributed by atoms with Gasteiger partial charge < -0.3 is 0 Å². The van der Waals surface area contributed by atoms with Gasteiger partial charge in [0.15, 0.2) is 0 Å². The Kier molecular flexibility index (Phi) is 8.22. The fourth-order valence-corrected chi connectivity index (χ4v) is 5.49. The zero-order valence-electron chi connectivity index (χ0n) is 20.8. The molecule has 0 aromatic heterocycles. The lowest BCUT2D eigenvalue weighted by Gasteiger charge is -2.32. The van der Waals surface area contributed by atoms with E-state index >= 15 is 4.39 Å². The van der Waals surface area contributed by atoms with Crippen molar-refractivity contribution in [3.8, 4) is 0 Å². The van der Waals surface area contributed by atoms with Crippen molar-refractivity contribution in [1.82, 2.24) is 9.80 Å². The molecule has 0 unspecified atom stereocenters. The first-order valence-corrected chi connectivity index (χ1v) is 13.0. The van der Waals surface area contributed by atoms with Crippen molar-refractivity contribution in [2.45, 2.75) is 57.3 Å². The van der Waals surface area contributed by atoms with Crippen LogP contribution in [0.3, 0.4) is 0 Å². The zero-order valence-corrected chi connectivity index (χ0v) is 20.8. The van der Waals surface area contributed by atoms with E-state index in [-0.39, 0.29) is 12.1 Å². The third-order valence-corrected chi connectivity index (χ3v) is 7.33. The van der Waals surface area contributed by atoms with E-state index in [1.54, 1.807) is 0 Å². The van der Waals surface area contributed by atoms with Crippen molar-refractivity contribution >= 4 is 0 Å². The Balaban J connectivity index is 1.37. The third-order valence-electron chi connectivity index (χ3n) is 7.33. The van der Waals surface area contributed by atoms with E-state index in [0.29, 0.717) is 6.42 Å². The summed E-state index contributed by atoms with van der Waals surface area (Å²) in [5.41, 5.74) is 5.01. The first kappa shape index (κ1) is 24.4. The monoisotopic (exact) mass is 478 g/mol. The molecule has 0 N–H and O–H groups in total. The number of benzene rings is 4. The Morgan fingerprint density at radius 1 is 0.472 bits per heavy atom. The molecule has 0 heterocycles. The molecule has 1 aliphatic carbocycles. The van der Waals surface area contributed by atoms with Crippen LogP contribution in [-0.2, 0) is 26.2 Å². The lowest BCUT2D eigenvalue weighted by Crippen LogP contribution is -2.39. The van der Waals surface area contributed by atoms with E-state index in [1.165, 1.54) is 22.3 Å². The number of hydrogen-bond acceptors (Lipinski definition) is 2. The summed E-state index contributed by atoms with van der Waals surface area (Å²) in [5.74, 6) is 0. The topological polar surface area (TPSA) is 6.48 Å². The van der Waals surface area contributed by atoms with Crippen LogP contribution in [0, 0.1) is 0 Å². The summed E-state index contributed by atoms with van der Waals surface area (Å²) in [5, 5.41) is 0. The zero-order chi connectivity index (χ0) is 24.6. The highest BCUT2D eigenvalue weighted by Gasteiger charge is 2.40. The molecule has 0 saturated heterocycles. The Morgan fingerprint density at radius 2 is 0.806 bits per heavy atom. The van der Waals surface area contributed by atoms with Crippen molar-refractivity contribution in [2.75, 3.05) is 0 Å². The quantitative estimate of drug-likeness (QED) is 0.237. The van der Waals surface area contributed by atoms with Crippen LogP contribution in [0.15, 0.2) is 121 Å². The van der Waals surface area contributed by atoms with Gasteiger partial charge in [0.2, 0.25) is 0 Å². The van der Waals surface area contributed by atoms with Gasteiger partial charge in [-0.15, -0.1) is 0 Å². The van der Waals surface area contributed by atoms with E-state index in [1.807, 2.05) is 12.1 Å². The van der Waals surface area contributed by atoms with Crippen LogP contribution in [0.4, 0.5) is 4.39 Å². The molecule has 0 radical (unpaired) electrons. The van der Waals surface area contributed by atoms with E-state index in [2.05, 4.69) is 119 Å². The van der Waals surface area contributed by atoms with Gasteiger partial charge in [0.25, 0.3) is 0 Å². The molecule has 1 fully saturated rings. The maximum atomic E-state index is 15.9. The van der Waals surface area contributed by atoms with E-state index in [0.717, 1.165) is 32.6 Å². The Morgan fingerprint density at radius 3 is 1.17 bits per heavy atom. The van der Waals surface area contributed by atoms with Crippen LogP contribution in [0.1, 0.15) is 35.1 Å². The second-order valence-corrected chi connectivity index (χ2v) is 9.96. The molecule has 3 heteroatoms. The minimum absolute atomic E-state index is 0.107. The Bertz CT molecular complexity index is 1080. The Hall–Kier alpha value is -3.27. The molecule has 4 aromatic carbocycles. The maximum Gasteiger partial charge on any atom is 0.117 e. The van der Waals surface area contributed by atoms with Crippen LogP contribution in [0.25, 0.3) is 0 Å². The van der Waals surface area contributed by atoms with Gasteiger partial charge in [-0.2, -0.15) is 0 Å². The van der Waals surface area contributed by atoms with Crippen molar-refractivity contribution < 1.29 is 4.39 Å². The van der Waals surface area contributed by atoms with Gasteiger partial charge in [-0.3, -0.25) is 9.80 Å². The van der Waals surface area contributed by atoms with Gasteiger partial charge in [0.1, 0.15) is 6.17 Å². The summed E-state index contributed by atoms with van der Waals surface area (Å²) in [6, 6.07) is 42.2. The van der Waals surface area contributed by atoms with E-state index < -0.39 is 6.17 Å². The third kappa shape index (κ3) is 6.48. The molecule has 2 nitrogen and oxygen atoms in total. The first-order valence-electron chi connectivity index (χ1n) is 13.0. The average molecular weight is 479 g/mol. The molecule has 0 amide bonds. The highest BCUT2D eigenvalue weighted by Crippen LogP contribution is 2.34. The van der Waals surface area contributed by atoms with Gasteiger partial charge >= 0.3 is 0 Å². The predicted molar refractivity (Wildman–Crippen MR) is 146 cm³/mol. The molecule has 1 aliphatic rings. The van der Waals surface area contributed by atoms with Gasteiger partial charge in [-0.05, 0) is 35.1 Å². The predicted octanol–water partition coefficient (Wildman–Crippen LogP) is 7.26. The summed E-state index contributed by atoms with van der Waals surface area (Å²) in [4.78, 5) is 4.85. The summed E-state index contributed by atoms with van der Waals surface area (Å²) in [6.45, 7) is 3.17.